The molecular formula is C18H20N2O2. The minimum absolute atomic E-state index is 0.209. The maximum absolute atomic E-state index is 12.0. The van der Waals surface area contributed by atoms with Crippen molar-refractivity contribution in [1.29, 1.82) is 0 Å². The highest BCUT2D eigenvalue weighted by molar-refractivity contribution is 5.95. The molecule has 0 fully saturated rings. The first-order valence-electron chi connectivity index (χ1n) is 7.12. The fraction of sp³-hybridized carbons (Fsp3) is 0.222. The van der Waals surface area contributed by atoms with Crippen LogP contribution in [0.2, 0.25) is 0 Å². The molecule has 114 valence electrons. The predicted molar refractivity (Wildman–Crippen MR) is 88.5 cm³/mol. The van der Waals surface area contributed by atoms with Crippen LogP contribution in [0.15, 0.2) is 53.6 Å². The molecule has 0 saturated carbocycles. The van der Waals surface area contributed by atoms with E-state index in [1.54, 1.807) is 19.2 Å². The second kappa shape index (κ2) is 7.41. The zero-order chi connectivity index (χ0) is 15.9. The second-order valence-corrected chi connectivity index (χ2v) is 5.14. The van der Waals surface area contributed by atoms with E-state index in [0.29, 0.717) is 12.0 Å². The third kappa shape index (κ3) is 4.19. The maximum atomic E-state index is 12.0. The van der Waals surface area contributed by atoms with Gasteiger partial charge in [-0.2, -0.15) is 5.10 Å². The van der Waals surface area contributed by atoms with Crippen molar-refractivity contribution in [2.45, 2.75) is 20.3 Å². The average Bonchev–Trinajstić information content (AvgIpc) is 2.54. The number of rotatable bonds is 5. The van der Waals surface area contributed by atoms with Crippen molar-refractivity contribution in [1.82, 2.24) is 5.43 Å². The zero-order valence-corrected chi connectivity index (χ0v) is 13.1. The number of ether oxygens (including phenoxy) is 1. The van der Waals surface area contributed by atoms with Gasteiger partial charge in [0, 0.05) is 17.7 Å². The fourth-order valence-electron chi connectivity index (χ4n) is 2.08. The molecule has 0 radical (unpaired) electrons. The molecule has 4 heteroatoms. The summed E-state index contributed by atoms with van der Waals surface area (Å²) in [5, 5.41) is 4.16. The number of amides is 1. The van der Waals surface area contributed by atoms with Gasteiger partial charge in [-0.1, -0.05) is 35.9 Å². The van der Waals surface area contributed by atoms with Crippen LogP contribution in [0.25, 0.3) is 0 Å². The zero-order valence-electron chi connectivity index (χ0n) is 13.1. The number of aryl methyl sites for hydroxylation is 1. The fourth-order valence-corrected chi connectivity index (χ4v) is 2.08. The molecule has 0 aliphatic carbocycles. The Morgan fingerprint density at radius 2 is 1.82 bits per heavy atom. The molecule has 0 heterocycles. The van der Waals surface area contributed by atoms with E-state index in [1.165, 1.54) is 0 Å². The van der Waals surface area contributed by atoms with Gasteiger partial charge in [-0.15, -0.1) is 0 Å². The Morgan fingerprint density at radius 1 is 1.14 bits per heavy atom. The number of benzene rings is 2. The van der Waals surface area contributed by atoms with E-state index in [4.69, 9.17) is 4.74 Å². The number of carbonyl (C=O) groups is 1. The molecule has 0 aliphatic rings. The Kier molecular flexibility index (Phi) is 5.31. The van der Waals surface area contributed by atoms with E-state index in [9.17, 15) is 4.79 Å². The van der Waals surface area contributed by atoms with Gasteiger partial charge in [-0.25, -0.2) is 5.43 Å². The van der Waals surface area contributed by atoms with Gasteiger partial charge in [0.15, 0.2) is 0 Å². The molecule has 0 aliphatic heterocycles. The normalized spacial score (nSPS) is 11.1. The monoisotopic (exact) mass is 296 g/mol. The molecule has 2 rings (SSSR count). The maximum Gasteiger partial charge on any atom is 0.271 e. The first-order valence-corrected chi connectivity index (χ1v) is 7.12. The summed E-state index contributed by atoms with van der Waals surface area (Å²) in [5.74, 6) is 0.612. The molecule has 2 aromatic carbocycles. The third-order valence-corrected chi connectivity index (χ3v) is 3.30. The molecule has 2 aromatic rings. The smallest absolute Gasteiger partial charge is 0.271 e. The van der Waals surface area contributed by atoms with Crippen LogP contribution in [0.4, 0.5) is 0 Å². The standard InChI is InChI=1S/C18H20N2O2/c1-13-8-10-15(11-9-13)18(21)20-19-14(2)12-16-6-4-5-7-17(16)22-3/h4-11H,12H2,1-3H3,(H,20,21)/b19-14-. The minimum atomic E-state index is -0.209. The van der Waals surface area contributed by atoms with Crippen LogP contribution < -0.4 is 10.2 Å². The Labute approximate surface area is 130 Å². The van der Waals surface area contributed by atoms with Crippen LogP contribution >= 0.6 is 0 Å². The molecule has 4 nitrogen and oxygen atoms in total. The van der Waals surface area contributed by atoms with Gasteiger partial charge in [0.2, 0.25) is 0 Å². The van der Waals surface area contributed by atoms with Gasteiger partial charge in [-0.3, -0.25) is 4.79 Å². The predicted octanol–water partition coefficient (Wildman–Crippen LogP) is 3.35. The summed E-state index contributed by atoms with van der Waals surface area (Å²) >= 11 is 0. The van der Waals surface area contributed by atoms with Crippen LogP contribution in [0.1, 0.15) is 28.4 Å². The molecule has 0 spiro atoms. The van der Waals surface area contributed by atoms with E-state index in [-0.39, 0.29) is 5.91 Å². The van der Waals surface area contributed by atoms with Gasteiger partial charge < -0.3 is 4.74 Å². The van der Waals surface area contributed by atoms with Crippen molar-refractivity contribution in [3.63, 3.8) is 0 Å². The first kappa shape index (κ1) is 15.8. The lowest BCUT2D eigenvalue weighted by molar-refractivity contribution is 0.0954. The summed E-state index contributed by atoms with van der Waals surface area (Å²) in [6.45, 7) is 3.86. The van der Waals surface area contributed by atoms with Gasteiger partial charge >= 0.3 is 0 Å². The molecular weight excluding hydrogens is 276 g/mol. The van der Waals surface area contributed by atoms with Crippen LogP contribution in [0.3, 0.4) is 0 Å². The van der Waals surface area contributed by atoms with Crippen molar-refractivity contribution in [3.8, 4) is 5.75 Å². The lowest BCUT2D eigenvalue weighted by atomic mass is 10.1. The van der Waals surface area contributed by atoms with Crippen molar-refractivity contribution in [3.05, 3.63) is 65.2 Å². The summed E-state index contributed by atoms with van der Waals surface area (Å²) in [4.78, 5) is 12.0. The lowest BCUT2D eigenvalue weighted by Crippen LogP contribution is -2.19. The molecule has 0 aromatic heterocycles. The van der Waals surface area contributed by atoms with Crippen LogP contribution in [0.5, 0.6) is 5.75 Å². The van der Waals surface area contributed by atoms with Gasteiger partial charge in [0.25, 0.3) is 5.91 Å². The molecule has 0 atom stereocenters. The largest absolute Gasteiger partial charge is 0.496 e. The van der Waals surface area contributed by atoms with Gasteiger partial charge in [0.05, 0.1) is 7.11 Å². The highest BCUT2D eigenvalue weighted by atomic mass is 16.5. The highest BCUT2D eigenvalue weighted by Gasteiger charge is 2.06. The number of hydrogen-bond donors (Lipinski definition) is 1. The van der Waals surface area contributed by atoms with Crippen LogP contribution in [-0.2, 0) is 6.42 Å². The van der Waals surface area contributed by atoms with Crippen molar-refractivity contribution < 1.29 is 9.53 Å². The van der Waals surface area contributed by atoms with E-state index in [2.05, 4.69) is 10.5 Å². The number of nitrogens with one attached hydrogen (secondary N) is 1. The molecule has 1 N–H and O–H groups in total. The highest BCUT2D eigenvalue weighted by Crippen LogP contribution is 2.18. The number of para-hydroxylation sites is 1. The Hall–Kier alpha value is -2.62. The minimum Gasteiger partial charge on any atom is -0.496 e. The first-order chi connectivity index (χ1) is 10.6. The van der Waals surface area contributed by atoms with E-state index >= 15 is 0 Å². The van der Waals surface area contributed by atoms with Crippen LogP contribution in [0, 0.1) is 6.92 Å². The molecule has 1 amide bonds. The molecule has 0 bridgehead atoms. The summed E-state index contributed by atoms with van der Waals surface area (Å²) in [6, 6.07) is 15.2. The molecule has 0 saturated heterocycles. The lowest BCUT2D eigenvalue weighted by Gasteiger charge is -2.08. The van der Waals surface area contributed by atoms with Crippen molar-refractivity contribution in [2.24, 2.45) is 5.10 Å². The molecule has 22 heavy (non-hydrogen) atoms. The van der Waals surface area contributed by atoms with Crippen molar-refractivity contribution >= 4 is 11.6 Å². The quantitative estimate of drug-likeness (QED) is 0.679. The number of hydrogen-bond acceptors (Lipinski definition) is 3. The number of nitrogens with zero attached hydrogens (tertiary/aromatic N) is 1. The van der Waals surface area contributed by atoms with E-state index in [1.807, 2.05) is 50.2 Å². The summed E-state index contributed by atoms with van der Waals surface area (Å²) in [7, 11) is 1.64. The van der Waals surface area contributed by atoms with E-state index < -0.39 is 0 Å². The summed E-state index contributed by atoms with van der Waals surface area (Å²) in [5.41, 5.74) is 6.15. The van der Waals surface area contributed by atoms with Crippen molar-refractivity contribution in [2.75, 3.05) is 7.11 Å². The van der Waals surface area contributed by atoms with E-state index in [0.717, 1.165) is 22.6 Å². The average molecular weight is 296 g/mol. The number of methoxy groups -OCH3 is 1. The second-order valence-electron chi connectivity index (χ2n) is 5.14. The number of hydrazone groups is 1. The van der Waals surface area contributed by atoms with Gasteiger partial charge in [0.1, 0.15) is 5.75 Å². The van der Waals surface area contributed by atoms with Crippen LogP contribution in [-0.4, -0.2) is 18.7 Å². The van der Waals surface area contributed by atoms with Gasteiger partial charge in [-0.05, 0) is 37.6 Å². The molecule has 0 unspecified atom stereocenters. The Morgan fingerprint density at radius 3 is 2.50 bits per heavy atom. The third-order valence-electron chi connectivity index (χ3n) is 3.30. The summed E-state index contributed by atoms with van der Waals surface area (Å²) < 4.78 is 5.31. The Bertz CT molecular complexity index is 676. The SMILES string of the molecule is COc1ccccc1C/C(C)=N\NC(=O)c1ccc(C)cc1. The Balaban J connectivity index is 2.00. The summed E-state index contributed by atoms with van der Waals surface area (Å²) in [6.07, 6.45) is 0.623. The number of carbonyl (C=O) groups excluding carboxylic acids is 1. The topological polar surface area (TPSA) is 50.7 Å².